The van der Waals surface area contributed by atoms with Gasteiger partial charge in [0.25, 0.3) is 0 Å². The summed E-state index contributed by atoms with van der Waals surface area (Å²) >= 11 is 0. The van der Waals surface area contributed by atoms with E-state index < -0.39 is 0 Å². The number of benzene rings is 10. The van der Waals surface area contributed by atoms with Gasteiger partial charge in [0.05, 0.1) is 0 Å². The molecule has 10 rings (SSSR count). The van der Waals surface area contributed by atoms with Crippen molar-refractivity contribution < 1.29 is 0 Å². The summed E-state index contributed by atoms with van der Waals surface area (Å²) in [5, 5.41) is 5.03. The Kier molecular flexibility index (Phi) is 10.5. The van der Waals surface area contributed by atoms with Crippen molar-refractivity contribution in [3.05, 3.63) is 254 Å². The molecule has 0 aliphatic rings. The maximum Gasteiger partial charge on any atom is 0.0462 e. The third-order valence-electron chi connectivity index (χ3n) is 12.2. The van der Waals surface area contributed by atoms with Gasteiger partial charge in [-0.25, -0.2) is 0 Å². The first kappa shape index (κ1) is 38.3. The molecule has 0 unspecified atom stereocenters. The Morgan fingerprint density at radius 3 is 0.919 bits per heavy atom. The molecular formula is C60H46N2. The quantitative estimate of drug-likeness (QED) is 0.127. The molecule has 0 aromatic heterocycles. The monoisotopic (exact) mass is 794 g/mol. The first-order chi connectivity index (χ1) is 30.6. The Morgan fingerprint density at radius 2 is 0.548 bits per heavy atom. The molecule has 296 valence electrons. The van der Waals surface area contributed by atoms with Gasteiger partial charge in [-0.3, -0.25) is 0 Å². The Labute approximate surface area is 364 Å². The van der Waals surface area contributed by atoms with Crippen molar-refractivity contribution in [2.75, 3.05) is 9.80 Å². The minimum atomic E-state index is 1.11. The first-order valence-corrected chi connectivity index (χ1v) is 21.3. The lowest BCUT2D eigenvalue weighted by molar-refractivity contribution is 1.28. The van der Waals surface area contributed by atoms with E-state index in [0.29, 0.717) is 0 Å². The Bertz CT molecular complexity index is 2920. The molecule has 0 N–H and O–H groups in total. The zero-order valence-electron chi connectivity index (χ0n) is 35.0. The largest absolute Gasteiger partial charge is 0.311 e. The molecule has 62 heavy (non-hydrogen) atoms. The second-order valence-electron chi connectivity index (χ2n) is 15.8. The van der Waals surface area contributed by atoms with Gasteiger partial charge in [0.15, 0.2) is 0 Å². The standard InChI is InChI=1S/C60H46N2/c1-43(45-27-35-53(36-28-45)61(51-19-5-3-6-20-51)55-39-31-49(32-40-55)59-25-13-17-47-15-9-11-23-57(47)59)44(2)46-29-37-54(38-30-46)62(52-21-7-4-8-22-52)56-41-33-50(34-42-56)60-26-14-18-48-16-10-12-24-58(48)60/h3-42H,1-2H3/b44-43-. The van der Waals surface area contributed by atoms with E-state index in [9.17, 15) is 0 Å². The van der Waals surface area contributed by atoms with Crippen LogP contribution >= 0.6 is 0 Å². The molecule has 0 heterocycles. The van der Waals surface area contributed by atoms with Gasteiger partial charge in [-0.2, -0.15) is 0 Å². The van der Waals surface area contributed by atoms with Gasteiger partial charge in [0.1, 0.15) is 0 Å². The van der Waals surface area contributed by atoms with Gasteiger partial charge in [0.2, 0.25) is 0 Å². The van der Waals surface area contributed by atoms with E-state index in [1.54, 1.807) is 0 Å². The predicted molar refractivity (Wildman–Crippen MR) is 266 cm³/mol. The Balaban J connectivity index is 0.922. The zero-order valence-corrected chi connectivity index (χ0v) is 35.0. The van der Waals surface area contributed by atoms with E-state index in [2.05, 4.69) is 266 Å². The molecule has 0 atom stereocenters. The number of allylic oxidation sites excluding steroid dienone is 2. The Morgan fingerprint density at radius 1 is 0.258 bits per heavy atom. The smallest absolute Gasteiger partial charge is 0.0462 e. The minimum Gasteiger partial charge on any atom is -0.311 e. The predicted octanol–water partition coefficient (Wildman–Crippen LogP) is 17.2. The van der Waals surface area contributed by atoms with Crippen LogP contribution in [0.1, 0.15) is 25.0 Å². The number of hydrogen-bond acceptors (Lipinski definition) is 2. The van der Waals surface area contributed by atoms with E-state index >= 15 is 0 Å². The highest BCUT2D eigenvalue weighted by molar-refractivity contribution is 5.98. The number of nitrogens with zero attached hydrogens (tertiary/aromatic N) is 2. The van der Waals surface area contributed by atoms with Crippen LogP contribution in [-0.4, -0.2) is 0 Å². The van der Waals surface area contributed by atoms with Crippen LogP contribution in [0.25, 0.3) is 54.9 Å². The molecular weight excluding hydrogens is 749 g/mol. The van der Waals surface area contributed by atoms with Gasteiger partial charge in [-0.05, 0) is 153 Å². The van der Waals surface area contributed by atoms with Crippen LogP contribution in [0.3, 0.4) is 0 Å². The van der Waals surface area contributed by atoms with Crippen molar-refractivity contribution in [3.63, 3.8) is 0 Å². The van der Waals surface area contributed by atoms with Gasteiger partial charge in [-0.15, -0.1) is 0 Å². The lowest BCUT2D eigenvalue weighted by Gasteiger charge is -2.26. The molecule has 0 bridgehead atoms. The fourth-order valence-electron chi connectivity index (χ4n) is 8.74. The van der Waals surface area contributed by atoms with Crippen LogP contribution in [0.4, 0.5) is 34.1 Å². The molecule has 2 nitrogen and oxygen atoms in total. The minimum absolute atomic E-state index is 1.11. The highest BCUT2D eigenvalue weighted by atomic mass is 15.1. The number of rotatable bonds is 10. The molecule has 0 aliphatic heterocycles. The van der Waals surface area contributed by atoms with Crippen LogP contribution in [0.2, 0.25) is 0 Å². The van der Waals surface area contributed by atoms with Gasteiger partial charge in [0, 0.05) is 34.1 Å². The van der Waals surface area contributed by atoms with Gasteiger partial charge in [-0.1, -0.05) is 170 Å². The van der Waals surface area contributed by atoms with Crippen LogP contribution < -0.4 is 9.80 Å². The molecule has 0 amide bonds. The fourth-order valence-corrected chi connectivity index (χ4v) is 8.74. The maximum absolute atomic E-state index is 2.33. The van der Waals surface area contributed by atoms with Crippen LogP contribution in [-0.2, 0) is 0 Å². The number of para-hydroxylation sites is 2. The highest BCUT2D eigenvalue weighted by Gasteiger charge is 2.16. The number of hydrogen-bond donors (Lipinski definition) is 0. The number of fused-ring (bicyclic) bond motifs is 2. The van der Waals surface area contributed by atoms with Crippen molar-refractivity contribution in [1.82, 2.24) is 0 Å². The van der Waals surface area contributed by atoms with Crippen molar-refractivity contribution >= 4 is 66.8 Å². The molecule has 2 heteroatoms. The van der Waals surface area contributed by atoms with Crippen molar-refractivity contribution in [3.8, 4) is 22.3 Å². The highest BCUT2D eigenvalue weighted by Crippen LogP contribution is 2.40. The van der Waals surface area contributed by atoms with Crippen LogP contribution in [0, 0.1) is 0 Å². The molecule has 10 aromatic carbocycles. The summed E-state index contributed by atoms with van der Waals surface area (Å²) in [6, 6.07) is 87.4. The fraction of sp³-hybridized carbons (Fsp3) is 0.0333. The van der Waals surface area contributed by atoms with Crippen LogP contribution in [0.15, 0.2) is 243 Å². The lowest BCUT2D eigenvalue weighted by atomic mass is 9.96. The summed E-state index contributed by atoms with van der Waals surface area (Å²) in [7, 11) is 0. The summed E-state index contributed by atoms with van der Waals surface area (Å²) < 4.78 is 0. The molecule has 0 fully saturated rings. The molecule has 0 spiro atoms. The molecule has 0 radical (unpaired) electrons. The summed E-state index contributed by atoms with van der Waals surface area (Å²) in [5.41, 5.74) is 16.5. The van der Waals surface area contributed by atoms with Crippen molar-refractivity contribution in [2.45, 2.75) is 13.8 Å². The van der Waals surface area contributed by atoms with E-state index in [-0.39, 0.29) is 0 Å². The second-order valence-corrected chi connectivity index (χ2v) is 15.8. The molecule has 10 aromatic rings. The summed E-state index contributed by atoms with van der Waals surface area (Å²) in [5.74, 6) is 0. The second kappa shape index (κ2) is 17.0. The maximum atomic E-state index is 2.33. The lowest BCUT2D eigenvalue weighted by Crippen LogP contribution is -2.10. The average molecular weight is 795 g/mol. The van der Waals surface area contributed by atoms with E-state index in [1.807, 2.05) is 0 Å². The summed E-state index contributed by atoms with van der Waals surface area (Å²) in [6.07, 6.45) is 0. The van der Waals surface area contributed by atoms with Crippen molar-refractivity contribution in [1.29, 1.82) is 0 Å². The van der Waals surface area contributed by atoms with Crippen LogP contribution in [0.5, 0.6) is 0 Å². The molecule has 0 saturated carbocycles. The summed E-state index contributed by atoms with van der Waals surface area (Å²) in [4.78, 5) is 4.66. The third kappa shape index (κ3) is 7.55. The van der Waals surface area contributed by atoms with E-state index in [0.717, 1.165) is 34.1 Å². The van der Waals surface area contributed by atoms with Crippen molar-refractivity contribution in [2.24, 2.45) is 0 Å². The van der Waals surface area contributed by atoms with Gasteiger partial charge >= 0.3 is 0 Å². The topological polar surface area (TPSA) is 6.48 Å². The van der Waals surface area contributed by atoms with E-state index in [4.69, 9.17) is 0 Å². The third-order valence-corrected chi connectivity index (χ3v) is 12.2. The normalized spacial score (nSPS) is 11.6. The number of anilines is 6. The summed E-state index contributed by atoms with van der Waals surface area (Å²) in [6.45, 7) is 4.46. The van der Waals surface area contributed by atoms with E-state index in [1.165, 1.54) is 66.1 Å². The average Bonchev–Trinajstić information content (AvgIpc) is 3.35. The SMILES string of the molecule is C/C(=C(\C)c1ccc(N(c2ccccc2)c2ccc(-c3cccc4ccccc34)cc2)cc1)c1ccc(N(c2ccccc2)c2ccc(-c3cccc4ccccc34)cc2)cc1. The Hall–Kier alpha value is -7.94. The molecule has 0 aliphatic carbocycles. The van der Waals surface area contributed by atoms with Gasteiger partial charge < -0.3 is 9.80 Å². The molecule has 0 saturated heterocycles. The zero-order chi connectivity index (χ0) is 41.8. The first-order valence-electron chi connectivity index (χ1n) is 21.3.